The van der Waals surface area contributed by atoms with E-state index in [2.05, 4.69) is 28.7 Å². The van der Waals surface area contributed by atoms with Crippen molar-refractivity contribution >= 4 is 18.7 Å². The maximum absolute atomic E-state index is 10.9. The van der Waals surface area contributed by atoms with Crippen molar-refractivity contribution in [3.05, 3.63) is 36.5 Å². The van der Waals surface area contributed by atoms with Crippen LogP contribution in [0.5, 0.6) is 0 Å². The summed E-state index contributed by atoms with van der Waals surface area (Å²) in [4.78, 5) is 27.8. The molecule has 26 heavy (non-hydrogen) atoms. The molecule has 0 aliphatic heterocycles. The van der Waals surface area contributed by atoms with Crippen molar-refractivity contribution in [3.63, 3.8) is 0 Å². The van der Waals surface area contributed by atoms with E-state index in [0.717, 1.165) is 25.9 Å². The number of amides is 1. The summed E-state index contributed by atoms with van der Waals surface area (Å²) < 4.78 is 5.74. The van der Waals surface area contributed by atoms with Gasteiger partial charge in [0.25, 0.3) is 0 Å². The first kappa shape index (κ1) is 21.6. The molecule has 0 spiro atoms. The lowest BCUT2D eigenvalue weighted by Crippen LogP contribution is -2.29. The minimum Gasteiger partial charge on any atom is -0.478 e. The predicted octanol–water partition coefficient (Wildman–Crippen LogP) is 1.77. The summed E-state index contributed by atoms with van der Waals surface area (Å²) in [6, 6.07) is -0.149. The number of hydrogen-bond acceptors (Lipinski definition) is 4. The number of aliphatic imine (C=N–C) groups is 1. The minimum atomic E-state index is -0.922. The van der Waals surface area contributed by atoms with E-state index in [-0.39, 0.29) is 17.7 Å². The molecule has 0 heterocycles. The van der Waals surface area contributed by atoms with Crippen molar-refractivity contribution in [2.24, 2.45) is 4.99 Å². The largest absolute Gasteiger partial charge is 0.478 e. The molecule has 144 valence electrons. The maximum Gasteiger partial charge on any atom is 0.335 e. The van der Waals surface area contributed by atoms with E-state index in [1.807, 2.05) is 6.08 Å². The number of rotatable bonds is 14. The van der Waals surface area contributed by atoms with E-state index in [9.17, 15) is 9.59 Å². The average molecular weight is 363 g/mol. The van der Waals surface area contributed by atoms with Gasteiger partial charge in [0.1, 0.15) is 0 Å². The molecular weight excluding hydrogens is 334 g/mol. The van der Waals surface area contributed by atoms with Gasteiger partial charge in [0.05, 0.1) is 30.6 Å². The van der Waals surface area contributed by atoms with Crippen LogP contribution in [0.3, 0.4) is 0 Å². The summed E-state index contributed by atoms with van der Waals surface area (Å²) in [5.41, 5.74) is 0.288. The highest BCUT2D eigenvalue weighted by atomic mass is 16.5. The van der Waals surface area contributed by atoms with Gasteiger partial charge in [-0.3, -0.25) is 9.79 Å². The standard InChI is InChI=1S/C19H29N3O4/c1-3-17(21-15-23)13-20-14-22(4-2)10-5-6-11-26-18-9-7-8-16(12-18)19(24)25/h3,7-8,12,14-15,17-18H,1,4-6,9-11,13H2,2H3,(H,21,23)(H,24,25). The third-order valence-corrected chi connectivity index (χ3v) is 3.97. The van der Waals surface area contributed by atoms with Crippen LogP contribution >= 0.6 is 0 Å². The number of carbonyl (C=O) groups excluding carboxylic acids is 1. The van der Waals surface area contributed by atoms with E-state index >= 15 is 0 Å². The van der Waals surface area contributed by atoms with Crippen molar-refractivity contribution < 1.29 is 19.4 Å². The second-order valence-electron chi connectivity index (χ2n) is 5.92. The molecule has 0 aromatic heterocycles. The SMILES string of the molecule is C=CC(CN=CN(CC)CCCCOC1C=C(C(=O)O)C=CC1)NC=O. The highest BCUT2D eigenvalue weighted by molar-refractivity contribution is 5.90. The first-order valence-corrected chi connectivity index (χ1v) is 8.90. The Hall–Kier alpha value is -2.41. The Kier molecular flexibility index (Phi) is 10.7. The van der Waals surface area contributed by atoms with Crippen LogP contribution in [0.15, 0.2) is 41.4 Å². The average Bonchev–Trinajstić information content (AvgIpc) is 2.65. The maximum atomic E-state index is 10.9. The smallest absolute Gasteiger partial charge is 0.335 e. The summed E-state index contributed by atoms with van der Waals surface area (Å²) >= 11 is 0. The van der Waals surface area contributed by atoms with Gasteiger partial charge in [0.2, 0.25) is 6.41 Å². The molecule has 0 radical (unpaired) electrons. The molecule has 0 aromatic carbocycles. The van der Waals surface area contributed by atoms with E-state index < -0.39 is 5.97 Å². The first-order chi connectivity index (χ1) is 12.6. The van der Waals surface area contributed by atoms with E-state index in [0.29, 0.717) is 26.0 Å². The highest BCUT2D eigenvalue weighted by Crippen LogP contribution is 2.14. The Morgan fingerprint density at radius 2 is 2.38 bits per heavy atom. The Balaban J connectivity index is 2.22. The molecule has 2 N–H and O–H groups in total. The van der Waals surface area contributed by atoms with Crippen LogP contribution in [-0.4, -0.2) is 67.1 Å². The van der Waals surface area contributed by atoms with Gasteiger partial charge in [-0.25, -0.2) is 4.79 Å². The second-order valence-corrected chi connectivity index (χ2v) is 5.92. The fourth-order valence-electron chi connectivity index (χ4n) is 2.42. The summed E-state index contributed by atoms with van der Waals surface area (Å²) in [7, 11) is 0. The topological polar surface area (TPSA) is 91.2 Å². The van der Waals surface area contributed by atoms with Crippen molar-refractivity contribution in [3.8, 4) is 0 Å². The molecule has 0 fully saturated rings. The first-order valence-electron chi connectivity index (χ1n) is 8.90. The number of carboxylic acids is 1. The monoisotopic (exact) mass is 363 g/mol. The van der Waals surface area contributed by atoms with E-state index in [1.165, 1.54) is 0 Å². The zero-order valence-corrected chi connectivity index (χ0v) is 15.3. The summed E-state index contributed by atoms with van der Waals surface area (Å²) in [6.45, 7) is 8.49. The number of hydrogen-bond donors (Lipinski definition) is 2. The van der Waals surface area contributed by atoms with Crippen LogP contribution in [0.2, 0.25) is 0 Å². The summed E-state index contributed by atoms with van der Waals surface area (Å²) in [5.74, 6) is -0.922. The molecule has 2 atom stereocenters. The Labute approximate surface area is 155 Å². The summed E-state index contributed by atoms with van der Waals surface area (Å²) in [5, 5.41) is 11.6. The molecule has 1 aliphatic carbocycles. The molecular formula is C19H29N3O4. The Morgan fingerprint density at radius 3 is 3.04 bits per heavy atom. The van der Waals surface area contributed by atoms with Crippen LogP contribution in [0.4, 0.5) is 0 Å². The third-order valence-electron chi connectivity index (χ3n) is 3.97. The Bertz CT molecular complexity index is 543. The molecule has 7 nitrogen and oxygen atoms in total. The highest BCUT2D eigenvalue weighted by Gasteiger charge is 2.13. The number of unbranched alkanes of at least 4 members (excludes halogenated alkanes) is 1. The van der Waals surface area contributed by atoms with Gasteiger partial charge in [0.15, 0.2) is 0 Å². The zero-order valence-electron chi connectivity index (χ0n) is 15.3. The lowest BCUT2D eigenvalue weighted by atomic mass is 10.1. The van der Waals surface area contributed by atoms with Crippen molar-refractivity contribution in [1.29, 1.82) is 0 Å². The molecule has 0 saturated heterocycles. The summed E-state index contributed by atoms with van der Waals surface area (Å²) in [6.07, 6.45) is 11.6. The molecule has 7 heteroatoms. The molecule has 2 unspecified atom stereocenters. The van der Waals surface area contributed by atoms with Crippen molar-refractivity contribution in [2.45, 2.75) is 38.3 Å². The van der Waals surface area contributed by atoms with Crippen LogP contribution < -0.4 is 5.32 Å². The number of nitrogens with one attached hydrogen (secondary N) is 1. The normalized spacial score (nSPS) is 17.6. The number of carboxylic acid groups (broad SMARTS) is 1. The molecule has 1 aliphatic rings. The van der Waals surface area contributed by atoms with Crippen LogP contribution in [0, 0.1) is 0 Å². The van der Waals surface area contributed by atoms with Gasteiger partial charge < -0.3 is 20.1 Å². The van der Waals surface area contributed by atoms with Gasteiger partial charge >= 0.3 is 5.97 Å². The van der Waals surface area contributed by atoms with Gasteiger partial charge in [-0.15, -0.1) is 6.58 Å². The van der Waals surface area contributed by atoms with Crippen molar-refractivity contribution in [2.75, 3.05) is 26.2 Å². The number of ether oxygens (including phenoxy) is 1. The van der Waals surface area contributed by atoms with Gasteiger partial charge in [-0.1, -0.05) is 18.2 Å². The van der Waals surface area contributed by atoms with Crippen LogP contribution in [0.25, 0.3) is 0 Å². The number of aliphatic carboxylic acids is 1. The van der Waals surface area contributed by atoms with E-state index in [1.54, 1.807) is 24.6 Å². The quantitative estimate of drug-likeness (QED) is 0.161. The second kappa shape index (κ2) is 12.9. The third kappa shape index (κ3) is 8.62. The lowest BCUT2D eigenvalue weighted by Gasteiger charge is -2.19. The minimum absolute atomic E-state index is 0.149. The predicted molar refractivity (Wildman–Crippen MR) is 102 cm³/mol. The van der Waals surface area contributed by atoms with Gasteiger partial charge in [-0.2, -0.15) is 0 Å². The van der Waals surface area contributed by atoms with E-state index in [4.69, 9.17) is 9.84 Å². The van der Waals surface area contributed by atoms with Crippen molar-refractivity contribution in [1.82, 2.24) is 10.2 Å². The van der Waals surface area contributed by atoms with Crippen LogP contribution in [-0.2, 0) is 14.3 Å². The molecule has 0 saturated carbocycles. The fraction of sp³-hybridized carbons (Fsp3) is 0.526. The number of nitrogens with zero attached hydrogens (tertiary/aromatic N) is 2. The zero-order chi connectivity index (χ0) is 19.2. The lowest BCUT2D eigenvalue weighted by molar-refractivity contribution is -0.132. The Morgan fingerprint density at radius 1 is 1.58 bits per heavy atom. The molecule has 1 rings (SSSR count). The molecule has 1 amide bonds. The van der Waals surface area contributed by atoms with Gasteiger partial charge in [0, 0.05) is 19.7 Å². The molecule has 0 aromatic rings. The van der Waals surface area contributed by atoms with Crippen LogP contribution in [0.1, 0.15) is 26.2 Å². The van der Waals surface area contributed by atoms with Gasteiger partial charge in [-0.05, 0) is 32.3 Å². The fourth-order valence-corrected chi connectivity index (χ4v) is 2.42. The number of carbonyl (C=O) groups is 2. The molecule has 0 bridgehead atoms.